The first-order valence-electron chi connectivity index (χ1n) is 4.78. The van der Waals surface area contributed by atoms with E-state index in [1.165, 1.54) is 0 Å². The van der Waals surface area contributed by atoms with Crippen molar-refractivity contribution >= 4 is 11.6 Å². The predicted molar refractivity (Wildman–Crippen MR) is 61.6 cm³/mol. The van der Waals surface area contributed by atoms with Gasteiger partial charge < -0.3 is 14.3 Å². The van der Waals surface area contributed by atoms with Crippen LogP contribution in [0.1, 0.15) is 5.76 Å². The zero-order valence-corrected chi connectivity index (χ0v) is 9.49. The summed E-state index contributed by atoms with van der Waals surface area (Å²) < 4.78 is 10.5. The minimum atomic E-state index is -0.107. The van der Waals surface area contributed by atoms with Gasteiger partial charge >= 0.3 is 0 Å². The molecule has 1 aromatic heterocycles. The average Bonchev–Trinajstić information content (AvgIpc) is 2.77. The topological polar surface area (TPSA) is 42.6 Å². The van der Waals surface area contributed by atoms with E-state index in [9.17, 15) is 0 Å². The van der Waals surface area contributed by atoms with Gasteiger partial charge in [0.25, 0.3) is 0 Å². The molecular formula is C12H11ClO3. The molecule has 0 radical (unpaired) electrons. The Balaban J connectivity index is 2.37. The number of ether oxygens (including phenoxy) is 1. The maximum Gasteiger partial charge on any atom is 0.137 e. The van der Waals surface area contributed by atoms with Crippen LogP contribution in [-0.2, 0) is 6.61 Å². The summed E-state index contributed by atoms with van der Waals surface area (Å²) in [4.78, 5) is 0. The molecule has 84 valence electrons. The van der Waals surface area contributed by atoms with E-state index in [1.807, 2.05) is 6.07 Å². The summed E-state index contributed by atoms with van der Waals surface area (Å²) in [6.07, 6.45) is 0. The van der Waals surface area contributed by atoms with Crippen molar-refractivity contribution in [2.45, 2.75) is 6.61 Å². The Labute approximate surface area is 98.2 Å². The van der Waals surface area contributed by atoms with Gasteiger partial charge in [-0.1, -0.05) is 11.6 Å². The molecule has 16 heavy (non-hydrogen) atoms. The van der Waals surface area contributed by atoms with Crippen LogP contribution in [-0.4, -0.2) is 12.2 Å². The van der Waals surface area contributed by atoms with Crippen LogP contribution in [0.5, 0.6) is 5.75 Å². The van der Waals surface area contributed by atoms with Crippen molar-refractivity contribution in [3.8, 4) is 17.1 Å². The Morgan fingerprint density at radius 2 is 2.12 bits per heavy atom. The fourth-order valence-electron chi connectivity index (χ4n) is 1.44. The zero-order chi connectivity index (χ0) is 11.5. The van der Waals surface area contributed by atoms with Crippen molar-refractivity contribution in [3.63, 3.8) is 0 Å². The number of hydrogen-bond donors (Lipinski definition) is 1. The first-order valence-corrected chi connectivity index (χ1v) is 5.16. The molecule has 0 atom stereocenters. The molecule has 3 nitrogen and oxygen atoms in total. The fourth-order valence-corrected chi connectivity index (χ4v) is 1.70. The molecule has 0 aliphatic carbocycles. The van der Waals surface area contributed by atoms with E-state index in [0.29, 0.717) is 22.3 Å². The molecule has 0 bridgehead atoms. The SMILES string of the molecule is COc1ccc(-c2ccc(CO)o2)cc1Cl. The molecule has 2 aromatic rings. The molecule has 0 fully saturated rings. The molecule has 0 spiro atoms. The van der Waals surface area contributed by atoms with E-state index in [1.54, 1.807) is 31.4 Å². The summed E-state index contributed by atoms with van der Waals surface area (Å²) in [5, 5.41) is 9.42. The molecule has 1 N–H and O–H groups in total. The summed E-state index contributed by atoms with van der Waals surface area (Å²) in [7, 11) is 1.57. The van der Waals surface area contributed by atoms with E-state index in [4.69, 9.17) is 25.9 Å². The number of benzene rings is 1. The highest BCUT2D eigenvalue weighted by atomic mass is 35.5. The molecule has 0 saturated carbocycles. The van der Waals surface area contributed by atoms with Crippen LogP contribution < -0.4 is 4.74 Å². The number of furan rings is 1. The van der Waals surface area contributed by atoms with Gasteiger partial charge in [0, 0.05) is 5.56 Å². The molecule has 0 aliphatic heterocycles. The Hall–Kier alpha value is -1.45. The Bertz CT molecular complexity index is 491. The van der Waals surface area contributed by atoms with Crippen LogP contribution in [0.25, 0.3) is 11.3 Å². The highest BCUT2D eigenvalue weighted by Crippen LogP contribution is 2.30. The lowest BCUT2D eigenvalue weighted by molar-refractivity contribution is 0.248. The van der Waals surface area contributed by atoms with E-state index >= 15 is 0 Å². The van der Waals surface area contributed by atoms with Crippen molar-refractivity contribution < 1.29 is 14.3 Å². The predicted octanol–water partition coefficient (Wildman–Crippen LogP) is 3.10. The van der Waals surface area contributed by atoms with Gasteiger partial charge in [-0.15, -0.1) is 0 Å². The van der Waals surface area contributed by atoms with Crippen molar-refractivity contribution in [2.24, 2.45) is 0 Å². The molecule has 4 heteroatoms. The van der Waals surface area contributed by atoms with E-state index in [2.05, 4.69) is 0 Å². The maximum atomic E-state index is 8.89. The zero-order valence-electron chi connectivity index (χ0n) is 8.74. The van der Waals surface area contributed by atoms with Gasteiger partial charge in [-0.2, -0.15) is 0 Å². The van der Waals surface area contributed by atoms with Crippen molar-refractivity contribution in [2.75, 3.05) is 7.11 Å². The number of hydrogen-bond acceptors (Lipinski definition) is 3. The molecule has 0 amide bonds. The third-order valence-electron chi connectivity index (χ3n) is 2.25. The van der Waals surface area contributed by atoms with Crippen LogP contribution in [0.2, 0.25) is 5.02 Å². The molecule has 2 rings (SSSR count). The molecule has 0 saturated heterocycles. The van der Waals surface area contributed by atoms with Gasteiger partial charge in [-0.25, -0.2) is 0 Å². The van der Waals surface area contributed by atoms with E-state index in [-0.39, 0.29) is 6.61 Å². The normalized spacial score (nSPS) is 10.4. The summed E-state index contributed by atoms with van der Waals surface area (Å²) >= 11 is 6.00. The third-order valence-corrected chi connectivity index (χ3v) is 2.55. The van der Waals surface area contributed by atoms with Crippen molar-refractivity contribution in [3.05, 3.63) is 41.1 Å². The largest absolute Gasteiger partial charge is 0.495 e. The van der Waals surface area contributed by atoms with Crippen LogP contribution in [0.15, 0.2) is 34.7 Å². The number of aliphatic hydroxyl groups excluding tert-OH is 1. The van der Waals surface area contributed by atoms with Crippen LogP contribution in [0.3, 0.4) is 0 Å². The van der Waals surface area contributed by atoms with E-state index < -0.39 is 0 Å². The lowest BCUT2D eigenvalue weighted by Crippen LogP contribution is -1.84. The number of methoxy groups -OCH3 is 1. The smallest absolute Gasteiger partial charge is 0.137 e. The highest BCUT2D eigenvalue weighted by Gasteiger charge is 2.07. The average molecular weight is 239 g/mol. The minimum Gasteiger partial charge on any atom is -0.495 e. The summed E-state index contributed by atoms with van der Waals surface area (Å²) in [5.41, 5.74) is 0.852. The highest BCUT2D eigenvalue weighted by molar-refractivity contribution is 6.32. The second-order valence-electron chi connectivity index (χ2n) is 3.27. The monoisotopic (exact) mass is 238 g/mol. The van der Waals surface area contributed by atoms with Crippen LogP contribution in [0.4, 0.5) is 0 Å². The molecular weight excluding hydrogens is 228 g/mol. The third kappa shape index (κ3) is 2.05. The van der Waals surface area contributed by atoms with Crippen LogP contribution in [0, 0.1) is 0 Å². The van der Waals surface area contributed by atoms with Crippen molar-refractivity contribution in [1.29, 1.82) is 0 Å². The first-order chi connectivity index (χ1) is 7.74. The molecule has 1 heterocycles. The molecule has 0 unspecified atom stereocenters. The van der Waals surface area contributed by atoms with E-state index in [0.717, 1.165) is 5.56 Å². The second-order valence-corrected chi connectivity index (χ2v) is 3.68. The Morgan fingerprint density at radius 1 is 1.31 bits per heavy atom. The Morgan fingerprint density at radius 3 is 2.69 bits per heavy atom. The van der Waals surface area contributed by atoms with Gasteiger partial charge in [-0.3, -0.25) is 0 Å². The van der Waals surface area contributed by atoms with Gasteiger partial charge in [-0.05, 0) is 30.3 Å². The molecule has 0 aliphatic rings. The number of halogens is 1. The van der Waals surface area contributed by atoms with Gasteiger partial charge in [0.05, 0.1) is 12.1 Å². The number of aliphatic hydroxyl groups is 1. The minimum absolute atomic E-state index is 0.107. The standard InChI is InChI=1S/C12H11ClO3/c1-15-12-4-2-8(6-10(12)13)11-5-3-9(7-14)16-11/h2-6,14H,7H2,1H3. The quantitative estimate of drug-likeness (QED) is 0.894. The fraction of sp³-hybridized carbons (Fsp3) is 0.167. The second kappa shape index (κ2) is 4.60. The van der Waals surface area contributed by atoms with Gasteiger partial charge in [0.15, 0.2) is 0 Å². The van der Waals surface area contributed by atoms with Crippen molar-refractivity contribution in [1.82, 2.24) is 0 Å². The summed E-state index contributed by atoms with van der Waals surface area (Å²) in [6.45, 7) is -0.107. The lowest BCUT2D eigenvalue weighted by Gasteiger charge is -2.04. The van der Waals surface area contributed by atoms with Crippen LogP contribution >= 0.6 is 11.6 Å². The first kappa shape index (κ1) is 11.0. The number of rotatable bonds is 3. The maximum absolute atomic E-state index is 8.89. The summed E-state index contributed by atoms with van der Waals surface area (Å²) in [6, 6.07) is 8.92. The molecule has 1 aromatic carbocycles. The van der Waals surface area contributed by atoms with Gasteiger partial charge in [0.2, 0.25) is 0 Å². The summed E-state index contributed by atoms with van der Waals surface area (Å²) in [5.74, 6) is 1.83. The lowest BCUT2D eigenvalue weighted by atomic mass is 10.2. The van der Waals surface area contributed by atoms with Gasteiger partial charge in [0.1, 0.15) is 23.9 Å². The Kier molecular flexibility index (Phi) is 3.17.